The van der Waals surface area contributed by atoms with Gasteiger partial charge in [0, 0.05) is 36.7 Å². The van der Waals surface area contributed by atoms with E-state index in [4.69, 9.17) is 10.5 Å². The summed E-state index contributed by atoms with van der Waals surface area (Å²) in [6.45, 7) is 3.41. The Morgan fingerprint density at radius 1 is 1.00 bits per heavy atom. The van der Waals surface area contributed by atoms with Gasteiger partial charge in [-0.1, -0.05) is 0 Å². The Morgan fingerprint density at radius 2 is 1.67 bits per heavy atom. The van der Waals surface area contributed by atoms with Gasteiger partial charge < -0.3 is 20.7 Å². The number of nitrogens with one attached hydrogen (secondary N) is 1. The summed E-state index contributed by atoms with van der Waals surface area (Å²) >= 11 is 0. The van der Waals surface area contributed by atoms with Gasteiger partial charge in [0.05, 0.1) is 18.1 Å². The quantitative estimate of drug-likeness (QED) is 0.702. The van der Waals surface area contributed by atoms with E-state index in [2.05, 4.69) is 10.2 Å². The maximum atomic E-state index is 13.0. The highest BCUT2D eigenvalue weighted by Gasteiger charge is 2.39. The lowest BCUT2D eigenvalue weighted by molar-refractivity contribution is -0.119. The Balaban J connectivity index is 1.45. The smallest absolute Gasteiger partial charge is 0.243 e. The number of nitrogen functional groups attached to an aromatic ring is 1. The van der Waals surface area contributed by atoms with E-state index in [1.807, 2.05) is 24.3 Å². The van der Waals surface area contributed by atoms with Crippen molar-refractivity contribution in [3.63, 3.8) is 0 Å². The van der Waals surface area contributed by atoms with Crippen LogP contribution in [0.15, 0.2) is 53.4 Å². The van der Waals surface area contributed by atoms with Crippen molar-refractivity contribution in [2.75, 3.05) is 48.8 Å². The number of ether oxygens (including phenoxy) is 1. The molecule has 0 bridgehead atoms. The first-order chi connectivity index (χ1) is 14.4. The second-order valence-electron chi connectivity index (χ2n) is 7.48. The number of rotatable bonds is 5. The number of benzene rings is 2. The number of hydrogen-bond acceptors (Lipinski definition) is 6. The molecule has 2 aromatic carbocycles. The molecule has 30 heavy (non-hydrogen) atoms. The van der Waals surface area contributed by atoms with Crippen LogP contribution >= 0.6 is 0 Å². The van der Waals surface area contributed by atoms with Crippen LogP contribution in [0.4, 0.5) is 17.1 Å². The molecule has 1 amide bonds. The molecule has 2 fully saturated rings. The zero-order valence-electron chi connectivity index (χ0n) is 16.7. The Kier molecular flexibility index (Phi) is 5.94. The minimum atomic E-state index is -3.76. The van der Waals surface area contributed by atoms with Crippen molar-refractivity contribution in [1.29, 1.82) is 0 Å². The molecule has 8 nitrogen and oxygen atoms in total. The topological polar surface area (TPSA) is 105 Å². The highest BCUT2D eigenvalue weighted by molar-refractivity contribution is 7.89. The normalized spacial score (nSPS) is 20.3. The number of amides is 1. The third kappa shape index (κ3) is 4.28. The molecular formula is C21H26N4O4S. The van der Waals surface area contributed by atoms with Crippen molar-refractivity contribution in [3.05, 3.63) is 48.5 Å². The number of morpholine rings is 1. The van der Waals surface area contributed by atoms with E-state index in [9.17, 15) is 13.2 Å². The number of anilines is 3. The molecule has 9 heteroatoms. The molecule has 2 aliphatic rings. The summed E-state index contributed by atoms with van der Waals surface area (Å²) in [7, 11) is -3.76. The summed E-state index contributed by atoms with van der Waals surface area (Å²) in [4.78, 5) is 15.3. The molecule has 3 N–H and O–H groups in total. The van der Waals surface area contributed by atoms with Crippen LogP contribution in [0.5, 0.6) is 0 Å². The molecule has 0 spiro atoms. The van der Waals surface area contributed by atoms with Gasteiger partial charge in [-0.15, -0.1) is 0 Å². The standard InChI is InChI=1S/C21H26N4O4S/c22-16-3-9-19(10-4-16)30(27,28)25-11-1-2-20(25)21(26)23-17-5-7-18(8-6-17)24-12-14-29-15-13-24/h3-10,20H,1-2,11-15,22H2,(H,23,26)/t20-/m1/s1. The van der Waals surface area contributed by atoms with Gasteiger partial charge in [-0.05, 0) is 61.4 Å². The Labute approximate surface area is 176 Å². The highest BCUT2D eigenvalue weighted by atomic mass is 32.2. The van der Waals surface area contributed by atoms with Crippen LogP contribution in [-0.2, 0) is 19.6 Å². The number of sulfonamides is 1. The summed E-state index contributed by atoms with van der Waals surface area (Å²) < 4.78 is 32.7. The van der Waals surface area contributed by atoms with Crippen molar-refractivity contribution in [2.45, 2.75) is 23.8 Å². The van der Waals surface area contributed by atoms with E-state index in [0.29, 0.717) is 44.0 Å². The van der Waals surface area contributed by atoms with Gasteiger partial charge in [0.1, 0.15) is 6.04 Å². The van der Waals surface area contributed by atoms with E-state index in [-0.39, 0.29) is 10.8 Å². The van der Waals surface area contributed by atoms with Crippen LogP contribution in [0, 0.1) is 0 Å². The van der Waals surface area contributed by atoms with Gasteiger partial charge in [0.2, 0.25) is 15.9 Å². The first kappa shape index (κ1) is 20.6. The molecule has 0 aliphatic carbocycles. The number of carbonyl (C=O) groups excluding carboxylic acids is 1. The third-order valence-electron chi connectivity index (χ3n) is 5.50. The number of hydrogen-bond donors (Lipinski definition) is 2. The summed E-state index contributed by atoms with van der Waals surface area (Å²) in [6, 6.07) is 12.9. The number of nitrogens with zero attached hydrogens (tertiary/aromatic N) is 2. The molecular weight excluding hydrogens is 404 g/mol. The third-order valence-corrected chi connectivity index (χ3v) is 7.43. The fraction of sp³-hybridized carbons (Fsp3) is 0.381. The molecule has 0 unspecified atom stereocenters. The average molecular weight is 431 g/mol. The molecule has 4 rings (SSSR count). The zero-order valence-corrected chi connectivity index (χ0v) is 17.5. The maximum absolute atomic E-state index is 13.0. The number of nitrogens with two attached hydrogens (primary N) is 1. The molecule has 2 aliphatic heterocycles. The minimum Gasteiger partial charge on any atom is -0.399 e. The van der Waals surface area contributed by atoms with Crippen LogP contribution in [0.25, 0.3) is 0 Å². The monoisotopic (exact) mass is 430 g/mol. The minimum absolute atomic E-state index is 0.145. The molecule has 2 heterocycles. The summed E-state index contributed by atoms with van der Waals surface area (Å²) in [6.07, 6.45) is 1.13. The predicted molar refractivity (Wildman–Crippen MR) is 116 cm³/mol. The van der Waals surface area contributed by atoms with Gasteiger partial charge in [-0.3, -0.25) is 4.79 Å². The predicted octanol–water partition coefficient (Wildman–Crippen LogP) is 1.90. The van der Waals surface area contributed by atoms with Crippen LogP contribution < -0.4 is 16.0 Å². The average Bonchev–Trinajstić information content (AvgIpc) is 3.26. The van der Waals surface area contributed by atoms with E-state index in [1.54, 1.807) is 12.1 Å². The van der Waals surface area contributed by atoms with Crippen LogP contribution in [0.2, 0.25) is 0 Å². The summed E-state index contributed by atoms with van der Waals surface area (Å²) in [5, 5.41) is 2.87. The zero-order chi connectivity index (χ0) is 21.1. The number of carbonyl (C=O) groups is 1. The Bertz CT molecular complexity index is 987. The van der Waals surface area contributed by atoms with Gasteiger partial charge in [0.15, 0.2) is 0 Å². The van der Waals surface area contributed by atoms with Crippen LogP contribution in [-0.4, -0.2) is 57.5 Å². The lowest BCUT2D eigenvalue weighted by Crippen LogP contribution is -2.43. The Hall–Kier alpha value is -2.62. The summed E-state index contributed by atoms with van der Waals surface area (Å²) in [5.74, 6) is -0.314. The van der Waals surface area contributed by atoms with E-state index < -0.39 is 16.1 Å². The maximum Gasteiger partial charge on any atom is 0.243 e. The van der Waals surface area contributed by atoms with Crippen molar-refractivity contribution >= 4 is 33.0 Å². The lowest BCUT2D eigenvalue weighted by atomic mass is 10.2. The fourth-order valence-corrected chi connectivity index (χ4v) is 5.52. The van der Waals surface area contributed by atoms with E-state index in [1.165, 1.54) is 16.4 Å². The largest absolute Gasteiger partial charge is 0.399 e. The molecule has 160 valence electrons. The van der Waals surface area contributed by atoms with E-state index >= 15 is 0 Å². The molecule has 0 aromatic heterocycles. The second kappa shape index (κ2) is 8.63. The lowest BCUT2D eigenvalue weighted by Gasteiger charge is -2.29. The second-order valence-corrected chi connectivity index (χ2v) is 9.37. The van der Waals surface area contributed by atoms with Crippen molar-refractivity contribution < 1.29 is 17.9 Å². The van der Waals surface area contributed by atoms with Crippen LogP contribution in [0.1, 0.15) is 12.8 Å². The molecule has 0 saturated carbocycles. The highest BCUT2D eigenvalue weighted by Crippen LogP contribution is 2.28. The fourth-order valence-electron chi connectivity index (χ4n) is 3.87. The molecule has 2 saturated heterocycles. The van der Waals surface area contributed by atoms with Gasteiger partial charge in [-0.2, -0.15) is 4.31 Å². The van der Waals surface area contributed by atoms with E-state index in [0.717, 1.165) is 18.8 Å². The SMILES string of the molecule is Nc1ccc(S(=O)(=O)N2CCC[C@@H]2C(=O)Nc2ccc(N3CCOCC3)cc2)cc1. The van der Waals surface area contributed by atoms with Gasteiger partial charge >= 0.3 is 0 Å². The molecule has 0 radical (unpaired) electrons. The first-order valence-corrected chi connectivity index (χ1v) is 11.5. The molecule has 2 aromatic rings. The van der Waals surface area contributed by atoms with Gasteiger partial charge in [0.25, 0.3) is 0 Å². The first-order valence-electron chi connectivity index (χ1n) is 10.1. The van der Waals surface area contributed by atoms with Crippen molar-refractivity contribution in [3.8, 4) is 0 Å². The van der Waals surface area contributed by atoms with Crippen molar-refractivity contribution in [2.24, 2.45) is 0 Å². The van der Waals surface area contributed by atoms with Crippen molar-refractivity contribution in [1.82, 2.24) is 4.31 Å². The van der Waals surface area contributed by atoms with Gasteiger partial charge in [-0.25, -0.2) is 8.42 Å². The molecule has 1 atom stereocenters. The summed E-state index contributed by atoms with van der Waals surface area (Å²) in [5.41, 5.74) is 7.87. The Morgan fingerprint density at radius 3 is 2.33 bits per heavy atom. The van der Waals surface area contributed by atoms with Crippen LogP contribution in [0.3, 0.4) is 0 Å².